The van der Waals surface area contributed by atoms with Crippen LogP contribution in [-0.2, 0) is 9.59 Å². The molecule has 0 fully saturated rings. The molecular weight excluding hydrogens is 442 g/mol. The smallest absolute Gasteiger partial charge is 0.261 e. The molecule has 8 nitrogen and oxygen atoms in total. The zero-order valence-corrected chi connectivity index (χ0v) is 16.9. The Morgan fingerprint density at radius 1 is 1.03 bits per heavy atom. The Morgan fingerprint density at radius 2 is 1.76 bits per heavy atom. The number of ether oxygens (including phenoxy) is 1. The second-order valence-corrected chi connectivity index (χ2v) is 7.23. The first-order valence-electron chi connectivity index (χ1n) is 8.82. The van der Waals surface area contributed by atoms with Gasteiger partial charge in [-0.2, -0.15) is 0 Å². The summed E-state index contributed by atoms with van der Waals surface area (Å²) < 4.78 is 6.17. The van der Waals surface area contributed by atoms with Gasteiger partial charge in [0.1, 0.15) is 5.75 Å². The van der Waals surface area contributed by atoms with Crippen LogP contribution in [0.2, 0.25) is 0 Å². The van der Waals surface area contributed by atoms with Crippen LogP contribution in [0.5, 0.6) is 5.75 Å². The molecular formula is C20H18BrN3O5. The molecule has 1 aliphatic heterocycles. The zero-order chi connectivity index (χ0) is 21.0. The molecule has 150 valence electrons. The van der Waals surface area contributed by atoms with Crippen LogP contribution in [-0.4, -0.2) is 41.7 Å². The summed E-state index contributed by atoms with van der Waals surface area (Å²) in [6.07, 6.45) is -0.0135. The summed E-state index contributed by atoms with van der Waals surface area (Å²) in [6, 6.07) is 11.6. The Kier molecular flexibility index (Phi) is 6.28. The summed E-state index contributed by atoms with van der Waals surface area (Å²) in [4.78, 5) is 49.1. The quantitative estimate of drug-likeness (QED) is 0.587. The number of anilines is 1. The number of benzene rings is 2. The van der Waals surface area contributed by atoms with E-state index < -0.39 is 17.7 Å². The minimum Gasteiger partial charge on any atom is -0.491 e. The van der Waals surface area contributed by atoms with Crippen molar-refractivity contribution < 1.29 is 23.9 Å². The number of fused-ring (bicyclic) bond motifs is 1. The molecule has 0 radical (unpaired) electrons. The van der Waals surface area contributed by atoms with Crippen molar-refractivity contribution in [1.29, 1.82) is 0 Å². The van der Waals surface area contributed by atoms with E-state index in [0.29, 0.717) is 27.0 Å². The van der Waals surface area contributed by atoms with Crippen LogP contribution >= 0.6 is 15.9 Å². The summed E-state index contributed by atoms with van der Waals surface area (Å²) in [5.74, 6) is -1.31. The monoisotopic (exact) mass is 459 g/mol. The van der Waals surface area contributed by atoms with Gasteiger partial charge in [-0.15, -0.1) is 0 Å². The van der Waals surface area contributed by atoms with Gasteiger partial charge in [0.15, 0.2) is 0 Å². The van der Waals surface area contributed by atoms with Gasteiger partial charge < -0.3 is 15.8 Å². The topological polar surface area (TPSA) is 119 Å². The normalized spacial score (nSPS) is 12.7. The van der Waals surface area contributed by atoms with Gasteiger partial charge in [-0.05, 0) is 30.3 Å². The van der Waals surface area contributed by atoms with Crippen LogP contribution in [0.4, 0.5) is 5.69 Å². The van der Waals surface area contributed by atoms with E-state index in [1.807, 2.05) is 0 Å². The molecule has 0 bridgehead atoms. The molecule has 0 saturated carbocycles. The summed E-state index contributed by atoms with van der Waals surface area (Å²) >= 11 is 3.28. The third-order valence-electron chi connectivity index (χ3n) is 4.26. The molecule has 1 heterocycles. The van der Waals surface area contributed by atoms with Gasteiger partial charge in [0.25, 0.3) is 11.8 Å². The van der Waals surface area contributed by atoms with E-state index in [9.17, 15) is 19.2 Å². The SMILES string of the molecule is NC(=O)CCOc1ccccc1NC(=O)CCN1C(=O)c2ccc(Br)cc2C1=O. The molecule has 2 aromatic rings. The lowest BCUT2D eigenvalue weighted by Crippen LogP contribution is -2.32. The predicted molar refractivity (Wildman–Crippen MR) is 109 cm³/mol. The maximum atomic E-state index is 12.5. The second-order valence-electron chi connectivity index (χ2n) is 6.31. The first-order valence-corrected chi connectivity index (χ1v) is 9.62. The van der Waals surface area contributed by atoms with E-state index >= 15 is 0 Å². The van der Waals surface area contributed by atoms with E-state index in [4.69, 9.17) is 10.5 Å². The summed E-state index contributed by atoms with van der Waals surface area (Å²) in [6.45, 7) is 0.0489. The highest BCUT2D eigenvalue weighted by molar-refractivity contribution is 9.10. The Hall–Kier alpha value is -3.20. The maximum Gasteiger partial charge on any atom is 0.261 e. The molecule has 0 aromatic heterocycles. The van der Waals surface area contributed by atoms with E-state index in [0.717, 1.165) is 4.90 Å². The molecule has 2 aromatic carbocycles. The fourth-order valence-corrected chi connectivity index (χ4v) is 3.21. The number of halogens is 1. The molecule has 4 amide bonds. The molecule has 29 heavy (non-hydrogen) atoms. The third-order valence-corrected chi connectivity index (χ3v) is 4.76. The highest BCUT2D eigenvalue weighted by atomic mass is 79.9. The van der Waals surface area contributed by atoms with E-state index in [1.54, 1.807) is 42.5 Å². The molecule has 3 rings (SSSR count). The van der Waals surface area contributed by atoms with Crippen molar-refractivity contribution in [3.63, 3.8) is 0 Å². The molecule has 0 aliphatic carbocycles. The average Bonchev–Trinajstić information content (AvgIpc) is 2.91. The number of nitrogens with two attached hydrogens (primary N) is 1. The number of rotatable bonds is 8. The molecule has 3 N–H and O–H groups in total. The number of nitrogens with zero attached hydrogens (tertiary/aromatic N) is 1. The zero-order valence-electron chi connectivity index (χ0n) is 15.3. The highest BCUT2D eigenvalue weighted by Crippen LogP contribution is 2.27. The van der Waals surface area contributed by atoms with Crippen molar-refractivity contribution in [3.8, 4) is 5.75 Å². The number of imide groups is 1. The van der Waals surface area contributed by atoms with Gasteiger partial charge in [-0.25, -0.2) is 0 Å². The number of hydrogen-bond donors (Lipinski definition) is 2. The lowest BCUT2D eigenvalue weighted by Gasteiger charge is -2.15. The van der Waals surface area contributed by atoms with Crippen LogP contribution in [0, 0.1) is 0 Å². The Bertz CT molecular complexity index is 992. The fraction of sp³-hybridized carbons (Fsp3) is 0.200. The van der Waals surface area contributed by atoms with Crippen molar-refractivity contribution in [2.24, 2.45) is 5.73 Å². The largest absolute Gasteiger partial charge is 0.491 e. The first kappa shape index (κ1) is 20.5. The first-order chi connectivity index (χ1) is 13.9. The minimum atomic E-state index is -0.487. The number of carbonyl (C=O) groups is 4. The van der Waals surface area contributed by atoms with Crippen molar-refractivity contribution in [2.45, 2.75) is 12.8 Å². The van der Waals surface area contributed by atoms with Crippen molar-refractivity contribution >= 4 is 45.2 Å². The van der Waals surface area contributed by atoms with Gasteiger partial charge in [0.2, 0.25) is 11.8 Å². The number of amides is 4. The van der Waals surface area contributed by atoms with E-state index in [-0.39, 0.29) is 31.9 Å². The molecule has 0 unspecified atom stereocenters. The van der Waals surface area contributed by atoms with Crippen LogP contribution in [0.15, 0.2) is 46.9 Å². The van der Waals surface area contributed by atoms with Crippen molar-refractivity contribution in [2.75, 3.05) is 18.5 Å². The summed E-state index contributed by atoms with van der Waals surface area (Å²) in [5.41, 5.74) is 6.15. The van der Waals surface area contributed by atoms with Crippen LogP contribution in [0.25, 0.3) is 0 Å². The van der Waals surface area contributed by atoms with Gasteiger partial charge in [0.05, 0.1) is 29.8 Å². The average molecular weight is 460 g/mol. The lowest BCUT2D eigenvalue weighted by molar-refractivity contribution is -0.118. The Morgan fingerprint density at radius 3 is 2.52 bits per heavy atom. The second kappa shape index (κ2) is 8.87. The molecule has 0 saturated heterocycles. The molecule has 1 aliphatic rings. The van der Waals surface area contributed by atoms with Crippen LogP contribution < -0.4 is 15.8 Å². The van der Waals surface area contributed by atoms with Gasteiger partial charge in [-0.3, -0.25) is 24.1 Å². The molecule has 0 atom stereocenters. The molecule has 9 heteroatoms. The third kappa shape index (κ3) is 4.80. The van der Waals surface area contributed by atoms with Gasteiger partial charge in [-0.1, -0.05) is 28.1 Å². The minimum absolute atomic E-state index is 0.0412. The molecule has 0 spiro atoms. The number of primary amides is 1. The summed E-state index contributed by atoms with van der Waals surface area (Å²) in [7, 11) is 0. The van der Waals surface area contributed by atoms with Gasteiger partial charge >= 0.3 is 0 Å². The lowest BCUT2D eigenvalue weighted by atomic mass is 10.1. The summed E-state index contributed by atoms with van der Waals surface area (Å²) in [5, 5.41) is 2.70. The van der Waals surface area contributed by atoms with Crippen molar-refractivity contribution in [1.82, 2.24) is 4.90 Å². The standard InChI is InChI=1S/C20H18BrN3O5/c21-12-5-6-13-14(11-12)20(28)24(19(13)27)9-7-18(26)23-15-3-1-2-4-16(15)29-10-8-17(22)25/h1-6,11H,7-10H2,(H2,22,25)(H,23,26). The predicted octanol–water partition coefficient (Wildman–Crippen LogP) is 2.33. The van der Waals surface area contributed by atoms with Gasteiger partial charge in [0, 0.05) is 17.4 Å². The van der Waals surface area contributed by atoms with Crippen molar-refractivity contribution in [3.05, 3.63) is 58.1 Å². The van der Waals surface area contributed by atoms with Crippen LogP contribution in [0.3, 0.4) is 0 Å². The highest BCUT2D eigenvalue weighted by Gasteiger charge is 2.35. The Labute approximate surface area is 175 Å². The van der Waals surface area contributed by atoms with Crippen LogP contribution in [0.1, 0.15) is 33.6 Å². The Balaban J connectivity index is 1.59. The number of hydrogen-bond acceptors (Lipinski definition) is 5. The fourth-order valence-electron chi connectivity index (χ4n) is 2.85. The maximum absolute atomic E-state index is 12.5. The number of nitrogens with one attached hydrogen (secondary N) is 1. The number of carbonyl (C=O) groups excluding carboxylic acids is 4. The van der Waals surface area contributed by atoms with E-state index in [1.165, 1.54) is 0 Å². The number of para-hydroxylation sites is 2. The van der Waals surface area contributed by atoms with E-state index in [2.05, 4.69) is 21.2 Å².